The largest absolute Gasteiger partial charge is 0.454 e. The molecule has 0 atom stereocenters. The summed E-state index contributed by atoms with van der Waals surface area (Å²) in [4.78, 5) is 25.4. The van der Waals surface area contributed by atoms with E-state index in [-0.39, 0.29) is 19.3 Å². The van der Waals surface area contributed by atoms with Crippen LogP contribution in [0.4, 0.5) is 0 Å². The van der Waals surface area contributed by atoms with E-state index < -0.39 is 11.6 Å². The number of esters is 1. The van der Waals surface area contributed by atoms with E-state index in [9.17, 15) is 9.59 Å². The fourth-order valence-electron chi connectivity index (χ4n) is 3.97. The second kappa shape index (κ2) is 7.30. The van der Waals surface area contributed by atoms with E-state index in [1.54, 1.807) is 48.5 Å². The Morgan fingerprint density at radius 2 is 1.52 bits per heavy atom. The molecule has 0 unspecified atom stereocenters. The van der Waals surface area contributed by atoms with Gasteiger partial charge >= 0.3 is 11.6 Å². The smallest absolute Gasteiger partial charge is 0.344 e. The Bertz CT molecular complexity index is 1500. The average Bonchev–Trinajstić information content (AvgIpc) is 3.47. The van der Waals surface area contributed by atoms with Crippen molar-refractivity contribution in [2.24, 2.45) is 0 Å². The number of hydrogen-bond acceptors (Lipinski definition) is 8. The molecule has 33 heavy (non-hydrogen) atoms. The molecule has 0 N–H and O–H groups in total. The van der Waals surface area contributed by atoms with Gasteiger partial charge in [-0.25, -0.2) is 9.59 Å². The van der Waals surface area contributed by atoms with Crippen LogP contribution >= 0.6 is 0 Å². The average molecular weight is 444 g/mol. The van der Waals surface area contributed by atoms with E-state index in [0.29, 0.717) is 45.3 Å². The molecule has 0 bridgehead atoms. The van der Waals surface area contributed by atoms with Crippen molar-refractivity contribution >= 4 is 16.9 Å². The Hall–Kier alpha value is -4.46. The van der Waals surface area contributed by atoms with Gasteiger partial charge in [-0.2, -0.15) is 0 Å². The summed E-state index contributed by atoms with van der Waals surface area (Å²) in [5.41, 5.74) is 1.98. The molecule has 4 aromatic rings. The standard InChI is InChI=1S/C25H16O8/c1-13-17-5-4-16(32-24(26)15-3-7-19-22(9-15)31-12-29-19)10-20(17)33-25(27)23(13)14-2-6-18-21(8-14)30-11-28-18/h2-10H,11-12H2,1H3. The highest BCUT2D eigenvalue weighted by Gasteiger charge is 2.20. The Morgan fingerprint density at radius 1 is 0.818 bits per heavy atom. The van der Waals surface area contributed by atoms with E-state index in [0.717, 1.165) is 10.9 Å². The lowest BCUT2D eigenvalue weighted by Crippen LogP contribution is -2.09. The van der Waals surface area contributed by atoms with Crippen molar-refractivity contribution in [3.63, 3.8) is 0 Å². The molecule has 0 saturated heterocycles. The van der Waals surface area contributed by atoms with Gasteiger partial charge in [0.2, 0.25) is 13.6 Å². The maximum atomic E-state index is 12.8. The van der Waals surface area contributed by atoms with E-state index in [1.807, 2.05) is 6.92 Å². The quantitative estimate of drug-likeness (QED) is 0.260. The number of benzene rings is 3. The molecule has 8 nitrogen and oxygen atoms in total. The highest BCUT2D eigenvalue weighted by Crippen LogP contribution is 2.37. The summed E-state index contributed by atoms with van der Waals surface area (Å²) in [6.45, 7) is 2.11. The maximum absolute atomic E-state index is 12.8. The lowest BCUT2D eigenvalue weighted by molar-refractivity contribution is 0.0734. The molecule has 0 fully saturated rings. The predicted molar refractivity (Wildman–Crippen MR) is 116 cm³/mol. The minimum Gasteiger partial charge on any atom is -0.454 e. The van der Waals surface area contributed by atoms with Gasteiger partial charge in [0.15, 0.2) is 23.0 Å². The first-order valence-electron chi connectivity index (χ1n) is 10.2. The number of aryl methyl sites for hydroxylation is 1. The third kappa shape index (κ3) is 3.23. The number of carbonyl (C=O) groups excluding carboxylic acids is 1. The predicted octanol–water partition coefficient (Wildman–Crippen LogP) is 4.45. The van der Waals surface area contributed by atoms with Gasteiger partial charge in [-0.15, -0.1) is 0 Å². The van der Waals surface area contributed by atoms with Gasteiger partial charge in [-0.1, -0.05) is 6.07 Å². The molecule has 6 rings (SSSR count). The van der Waals surface area contributed by atoms with Crippen LogP contribution in [0, 0.1) is 6.92 Å². The molecule has 3 heterocycles. The molecule has 1 aromatic heterocycles. The lowest BCUT2D eigenvalue weighted by Gasteiger charge is -2.10. The zero-order valence-corrected chi connectivity index (χ0v) is 17.4. The van der Waals surface area contributed by atoms with Crippen molar-refractivity contribution < 1.29 is 32.9 Å². The van der Waals surface area contributed by atoms with Crippen LogP contribution in [-0.4, -0.2) is 19.6 Å². The number of ether oxygens (including phenoxy) is 5. The Balaban J connectivity index is 1.33. The topological polar surface area (TPSA) is 93.4 Å². The van der Waals surface area contributed by atoms with Crippen molar-refractivity contribution in [2.75, 3.05) is 13.6 Å². The first-order chi connectivity index (χ1) is 16.1. The Labute approximate surface area is 186 Å². The van der Waals surface area contributed by atoms with Crippen LogP contribution in [0.1, 0.15) is 15.9 Å². The van der Waals surface area contributed by atoms with Crippen molar-refractivity contribution in [1.29, 1.82) is 0 Å². The first kappa shape index (κ1) is 19.2. The minimum atomic E-state index is -0.566. The van der Waals surface area contributed by atoms with Crippen LogP contribution < -0.4 is 29.3 Å². The maximum Gasteiger partial charge on any atom is 0.344 e. The molecule has 0 aliphatic carbocycles. The summed E-state index contributed by atoms with van der Waals surface area (Å²) in [6.07, 6.45) is 0. The molecule has 8 heteroatoms. The van der Waals surface area contributed by atoms with Crippen LogP contribution in [0.15, 0.2) is 63.8 Å². The summed E-state index contributed by atoms with van der Waals surface area (Å²) in [5.74, 6) is 1.97. The monoisotopic (exact) mass is 444 g/mol. The van der Waals surface area contributed by atoms with Crippen molar-refractivity contribution in [1.82, 2.24) is 0 Å². The van der Waals surface area contributed by atoms with Gasteiger partial charge in [0, 0.05) is 11.5 Å². The molecule has 2 aliphatic heterocycles. The van der Waals surface area contributed by atoms with Gasteiger partial charge in [0.25, 0.3) is 0 Å². The van der Waals surface area contributed by atoms with E-state index in [2.05, 4.69) is 0 Å². The lowest BCUT2D eigenvalue weighted by atomic mass is 9.99. The number of fused-ring (bicyclic) bond motifs is 3. The van der Waals surface area contributed by atoms with E-state index >= 15 is 0 Å². The summed E-state index contributed by atoms with van der Waals surface area (Å²) in [5, 5.41) is 0.727. The molecule has 0 saturated carbocycles. The summed E-state index contributed by atoms with van der Waals surface area (Å²) < 4.78 is 32.4. The van der Waals surface area contributed by atoms with Gasteiger partial charge in [-0.05, 0) is 60.5 Å². The van der Waals surface area contributed by atoms with Gasteiger partial charge in [0.05, 0.1) is 11.1 Å². The fraction of sp³-hybridized carbons (Fsp3) is 0.120. The molecular formula is C25H16O8. The molecule has 2 aliphatic rings. The molecule has 3 aromatic carbocycles. The minimum absolute atomic E-state index is 0.116. The van der Waals surface area contributed by atoms with Gasteiger partial charge in [-0.3, -0.25) is 0 Å². The Kier molecular flexibility index (Phi) is 4.26. The Morgan fingerprint density at radius 3 is 2.30 bits per heavy atom. The van der Waals surface area contributed by atoms with Crippen LogP contribution in [0.5, 0.6) is 28.7 Å². The highest BCUT2D eigenvalue weighted by atomic mass is 16.7. The van der Waals surface area contributed by atoms with Crippen LogP contribution in [0.3, 0.4) is 0 Å². The molecular weight excluding hydrogens is 428 g/mol. The summed E-state index contributed by atoms with van der Waals surface area (Å²) >= 11 is 0. The molecule has 0 amide bonds. The normalized spacial score (nSPS) is 13.4. The van der Waals surface area contributed by atoms with Crippen molar-refractivity contribution in [3.05, 3.63) is 76.1 Å². The van der Waals surface area contributed by atoms with Crippen molar-refractivity contribution in [3.8, 4) is 39.9 Å². The highest BCUT2D eigenvalue weighted by molar-refractivity contribution is 5.93. The summed E-state index contributed by atoms with van der Waals surface area (Å²) in [6, 6.07) is 15.1. The zero-order chi connectivity index (χ0) is 22.5. The first-order valence-corrected chi connectivity index (χ1v) is 10.2. The molecule has 0 spiro atoms. The molecule has 0 radical (unpaired) electrons. The number of carbonyl (C=O) groups is 1. The van der Waals surface area contributed by atoms with Crippen LogP contribution in [0.25, 0.3) is 22.1 Å². The number of hydrogen-bond donors (Lipinski definition) is 0. The third-order valence-corrected chi connectivity index (χ3v) is 5.62. The fourth-order valence-corrected chi connectivity index (χ4v) is 3.97. The SMILES string of the molecule is Cc1c(-c2ccc3c(c2)OCO3)c(=O)oc2cc(OC(=O)c3ccc4c(c3)OCO4)ccc12. The van der Waals surface area contributed by atoms with Crippen LogP contribution in [-0.2, 0) is 0 Å². The van der Waals surface area contributed by atoms with E-state index in [4.69, 9.17) is 28.1 Å². The van der Waals surface area contributed by atoms with Crippen molar-refractivity contribution in [2.45, 2.75) is 6.92 Å². The second-order valence-corrected chi connectivity index (χ2v) is 7.57. The van der Waals surface area contributed by atoms with Crippen LogP contribution in [0.2, 0.25) is 0 Å². The van der Waals surface area contributed by atoms with Gasteiger partial charge in [0.1, 0.15) is 11.3 Å². The van der Waals surface area contributed by atoms with Gasteiger partial charge < -0.3 is 28.1 Å². The summed E-state index contributed by atoms with van der Waals surface area (Å²) in [7, 11) is 0. The number of rotatable bonds is 3. The molecule has 164 valence electrons. The van der Waals surface area contributed by atoms with E-state index in [1.165, 1.54) is 6.07 Å². The second-order valence-electron chi connectivity index (χ2n) is 7.57. The zero-order valence-electron chi connectivity index (χ0n) is 17.4. The third-order valence-electron chi connectivity index (χ3n) is 5.62.